The first-order chi connectivity index (χ1) is 13.8. The Morgan fingerprint density at radius 3 is 2.52 bits per heavy atom. The predicted molar refractivity (Wildman–Crippen MR) is 110 cm³/mol. The maximum atomic E-state index is 13.2. The quantitative estimate of drug-likeness (QED) is 0.596. The highest BCUT2D eigenvalue weighted by atomic mass is 35.5. The average molecular weight is 435 g/mol. The molecule has 9 heteroatoms. The van der Waals surface area contributed by atoms with Gasteiger partial charge in [-0.1, -0.05) is 29.8 Å². The van der Waals surface area contributed by atoms with E-state index >= 15 is 0 Å². The monoisotopic (exact) mass is 434 g/mol. The maximum Gasteiger partial charge on any atom is 0.263 e. The second-order valence-electron chi connectivity index (χ2n) is 5.91. The number of carbonyl (C=O) groups is 1. The predicted octanol–water partition coefficient (Wildman–Crippen LogP) is 4.54. The summed E-state index contributed by atoms with van der Waals surface area (Å²) in [6, 6.07) is 15.8. The van der Waals surface area contributed by atoms with Crippen molar-refractivity contribution in [3.05, 3.63) is 83.1 Å². The van der Waals surface area contributed by atoms with E-state index in [1.165, 1.54) is 19.2 Å². The van der Waals surface area contributed by atoms with Crippen LogP contribution in [0.25, 0.3) is 0 Å². The minimum atomic E-state index is -4.15. The minimum absolute atomic E-state index is 0.0493. The van der Waals surface area contributed by atoms with Gasteiger partial charge in [-0.05, 0) is 42.5 Å². The van der Waals surface area contributed by atoms with Gasteiger partial charge in [0.15, 0.2) is 0 Å². The fourth-order valence-corrected chi connectivity index (χ4v) is 4.17. The van der Waals surface area contributed by atoms with Gasteiger partial charge in [-0.3, -0.25) is 9.52 Å². The molecule has 0 radical (unpaired) electrons. The van der Waals surface area contributed by atoms with E-state index in [-0.39, 0.29) is 21.2 Å². The number of amides is 1. The molecule has 0 spiro atoms. The average Bonchev–Trinajstić information content (AvgIpc) is 2.67. The molecule has 2 N–H and O–H groups in total. The fourth-order valence-electron chi connectivity index (χ4n) is 2.56. The van der Waals surface area contributed by atoms with Crippen LogP contribution in [0.1, 0.15) is 10.4 Å². The number of hydrogen-bond acceptors (Lipinski definition) is 4. The summed E-state index contributed by atoms with van der Waals surface area (Å²) < 4.78 is 46.1. The van der Waals surface area contributed by atoms with Crippen molar-refractivity contribution >= 4 is 38.9 Å². The summed E-state index contributed by atoms with van der Waals surface area (Å²) in [6.45, 7) is 0. The first kappa shape index (κ1) is 20.6. The summed E-state index contributed by atoms with van der Waals surface area (Å²) in [5.74, 6) is -0.628. The van der Waals surface area contributed by atoms with Gasteiger partial charge < -0.3 is 10.1 Å². The largest absolute Gasteiger partial charge is 0.497 e. The Hall–Kier alpha value is -3.10. The van der Waals surface area contributed by atoms with E-state index in [0.29, 0.717) is 11.4 Å². The van der Waals surface area contributed by atoms with Crippen LogP contribution in [0.2, 0.25) is 5.02 Å². The van der Waals surface area contributed by atoms with Gasteiger partial charge >= 0.3 is 0 Å². The van der Waals surface area contributed by atoms with Gasteiger partial charge in [-0.25, -0.2) is 12.8 Å². The number of anilines is 2. The molecule has 0 fully saturated rings. The van der Waals surface area contributed by atoms with Crippen LogP contribution >= 0.6 is 11.6 Å². The Balaban J connectivity index is 1.89. The van der Waals surface area contributed by atoms with Crippen LogP contribution in [0.5, 0.6) is 5.75 Å². The summed E-state index contributed by atoms with van der Waals surface area (Å²) in [6.07, 6.45) is 0. The van der Waals surface area contributed by atoms with Crippen LogP contribution in [0.3, 0.4) is 0 Å². The molecule has 1 amide bonds. The molecule has 0 aromatic heterocycles. The number of halogens is 2. The number of benzene rings is 3. The number of rotatable bonds is 6. The highest BCUT2D eigenvalue weighted by molar-refractivity contribution is 7.92. The summed E-state index contributed by atoms with van der Waals surface area (Å²) in [7, 11) is -2.64. The lowest BCUT2D eigenvalue weighted by Crippen LogP contribution is -2.19. The number of carbonyl (C=O) groups excluding carboxylic acids is 1. The molecule has 150 valence electrons. The summed E-state index contributed by atoms with van der Waals surface area (Å²) in [5, 5.41) is 2.42. The van der Waals surface area contributed by atoms with E-state index in [2.05, 4.69) is 10.0 Å². The molecule has 29 heavy (non-hydrogen) atoms. The van der Waals surface area contributed by atoms with Crippen molar-refractivity contribution in [1.29, 1.82) is 0 Å². The zero-order valence-corrected chi connectivity index (χ0v) is 16.7. The van der Waals surface area contributed by atoms with Crippen LogP contribution in [0, 0.1) is 5.82 Å². The lowest BCUT2D eigenvalue weighted by molar-refractivity contribution is 0.102. The normalized spacial score (nSPS) is 11.0. The van der Waals surface area contributed by atoms with Crippen molar-refractivity contribution in [3.8, 4) is 5.75 Å². The van der Waals surface area contributed by atoms with Gasteiger partial charge in [0.2, 0.25) is 0 Å². The van der Waals surface area contributed by atoms with E-state index in [4.69, 9.17) is 16.3 Å². The molecule has 0 unspecified atom stereocenters. The van der Waals surface area contributed by atoms with Crippen molar-refractivity contribution in [1.82, 2.24) is 0 Å². The third-order valence-corrected chi connectivity index (χ3v) is 5.78. The summed E-state index contributed by atoms with van der Waals surface area (Å²) >= 11 is 5.87. The number of ether oxygens (including phenoxy) is 1. The smallest absolute Gasteiger partial charge is 0.263 e. The molecule has 0 saturated carbocycles. The summed E-state index contributed by atoms with van der Waals surface area (Å²) in [5.41, 5.74) is 0.624. The van der Waals surface area contributed by atoms with E-state index in [0.717, 1.165) is 18.2 Å². The molecule has 3 aromatic carbocycles. The van der Waals surface area contributed by atoms with Gasteiger partial charge in [0.1, 0.15) is 16.5 Å². The molecule has 0 aliphatic rings. The fraction of sp³-hybridized carbons (Fsp3) is 0.0500. The van der Waals surface area contributed by atoms with Crippen molar-refractivity contribution in [3.63, 3.8) is 0 Å². The van der Waals surface area contributed by atoms with Gasteiger partial charge in [-0.2, -0.15) is 0 Å². The minimum Gasteiger partial charge on any atom is -0.497 e. The van der Waals surface area contributed by atoms with E-state index in [1.807, 2.05) is 0 Å². The molecule has 0 atom stereocenters. The molecule has 3 aromatic rings. The Labute approximate surface area is 172 Å². The number of hydrogen-bond donors (Lipinski definition) is 2. The van der Waals surface area contributed by atoms with Gasteiger partial charge in [0.05, 0.1) is 23.4 Å². The van der Waals surface area contributed by atoms with Crippen LogP contribution in [-0.4, -0.2) is 21.4 Å². The molecule has 0 aliphatic heterocycles. The number of para-hydroxylation sites is 1. The molecular formula is C20H16ClFN2O4S. The van der Waals surface area contributed by atoms with Crippen LogP contribution < -0.4 is 14.8 Å². The third kappa shape index (κ3) is 4.85. The number of nitrogens with one attached hydrogen (secondary N) is 2. The molecule has 3 rings (SSSR count). The SMILES string of the molecule is COc1cccc(NC(=O)c2ccccc2NS(=O)(=O)c2ccc(F)cc2Cl)c1. The molecule has 0 heterocycles. The zero-order valence-electron chi connectivity index (χ0n) is 15.1. The van der Waals surface area contributed by atoms with E-state index < -0.39 is 21.7 Å². The summed E-state index contributed by atoms with van der Waals surface area (Å²) in [4.78, 5) is 12.4. The van der Waals surface area contributed by atoms with Gasteiger partial charge in [0, 0.05) is 11.8 Å². The third-order valence-electron chi connectivity index (χ3n) is 3.93. The molecule has 0 saturated heterocycles. The molecule has 6 nitrogen and oxygen atoms in total. The van der Waals surface area contributed by atoms with Crippen LogP contribution in [-0.2, 0) is 10.0 Å². The van der Waals surface area contributed by atoms with Gasteiger partial charge in [0.25, 0.3) is 15.9 Å². The van der Waals surface area contributed by atoms with Gasteiger partial charge in [-0.15, -0.1) is 0 Å². The van der Waals surface area contributed by atoms with Crippen molar-refractivity contribution < 1.29 is 22.3 Å². The van der Waals surface area contributed by atoms with Crippen molar-refractivity contribution in [2.75, 3.05) is 17.1 Å². The number of sulfonamides is 1. The highest BCUT2D eigenvalue weighted by Gasteiger charge is 2.21. The Bertz CT molecular complexity index is 1170. The second kappa shape index (κ2) is 8.50. The topological polar surface area (TPSA) is 84.5 Å². The van der Waals surface area contributed by atoms with Crippen LogP contribution in [0.15, 0.2) is 71.6 Å². The first-order valence-electron chi connectivity index (χ1n) is 8.32. The Morgan fingerprint density at radius 1 is 1.03 bits per heavy atom. The first-order valence-corrected chi connectivity index (χ1v) is 10.2. The molecular weight excluding hydrogens is 419 g/mol. The highest BCUT2D eigenvalue weighted by Crippen LogP contribution is 2.26. The number of methoxy groups -OCH3 is 1. The van der Waals surface area contributed by atoms with Crippen molar-refractivity contribution in [2.45, 2.75) is 4.90 Å². The Morgan fingerprint density at radius 2 is 1.79 bits per heavy atom. The second-order valence-corrected chi connectivity index (χ2v) is 7.97. The Kier molecular flexibility index (Phi) is 6.05. The lowest BCUT2D eigenvalue weighted by Gasteiger charge is -2.14. The van der Waals surface area contributed by atoms with E-state index in [9.17, 15) is 17.6 Å². The standard InChI is InChI=1S/C20H16ClFN2O4S/c1-28-15-6-4-5-14(12-15)23-20(25)16-7-2-3-8-18(16)24-29(26,27)19-10-9-13(22)11-17(19)21/h2-12,24H,1H3,(H,23,25). The molecule has 0 aliphatic carbocycles. The maximum absolute atomic E-state index is 13.2. The lowest BCUT2D eigenvalue weighted by atomic mass is 10.1. The zero-order chi connectivity index (χ0) is 21.0. The van der Waals surface area contributed by atoms with Crippen molar-refractivity contribution in [2.24, 2.45) is 0 Å². The molecule has 0 bridgehead atoms. The van der Waals surface area contributed by atoms with Crippen LogP contribution in [0.4, 0.5) is 15.8 Å². The van der Waals surface area contributed by atoms with E-state index in [1.54, 1.807) is 36.4 Å².